The van der Waals surface area contributed by atoms with Crippen molar-refractivity contribution in [2.24, 2.45) is 11.3 Å². The lowest BCUT2D eigenvalue weighted by molar-refractivity contribution is 0.168. The number of hydrogen-bond acceptors (Lipinski definition) is 1. The van der Waals surface area contributed by atoms with Crippen molar-refractivity contribution in [3.63, 3.8) is 0 Å². The van der Waals surface area contributed by atoms with Crippen LogP contribution in [0.15, 0.2) is 9.27 Å². The van der Waals surface area contributed by atoms with E-state index in [4.69, 9.17) is 0 Å². The molecule has 1 fully saturated rings. The molecule has 0 aromatic carbocycles. The van der Waals surface area contributed by atoms with E-state index in [-0.39, 0.29) is 5.43 Å². The second kappa shape index (κ2) is 5.67. The summed E-state index contributed by atoms with van der Waals surface area (Å²) in [6.45, 7) is 11.0. The first-order valence-electron chi connectivity index (χ1n) is 7.60. The molecule has 1 saturated carbocycles. The highest BCUT2D eigenvalue weighted by Crippen LogP contribution is 2.43. The molecule has 0 unspecified atom stereocenters. The van der Waals surface area contributed by atoms with Gasteiger partial charge in [-0.25, -0.2) is 0 Å². The summed E-state index contributed by atoms with van der Waals surface area (Å²) in [5.74, 6) is 1.21. The van der Waals surface area contributed by atoms with E-state index in [0.29, 0.717) is 15.8 Å². The Hall–Kier alpha value is -0.570. The third kappa shape index (κ3) is 3.03. The van der Waals surface area contributed by atoms with Crippen molar-refractivity contribution in [1.82, 2.24) is 4.98 Å². The van der Waals surface area contributed by atoms with Crippen molar-refractivity contribution in [2.75, 3.05) is 0 Å². The van der Waals surface area contributed by atoms with E-state index in [1.807, 2.05) is 13.8 Å². The molecule has 0 saturated heterocycles. The summed E-state index contributed by atoms with van der Waals surface area (Å²) in [6, 6.07) is 0. The van der Waals surface area contributed by atoms with Crippen LogP contribution in [0.5, 0.6) is 0 Å². The summed E-state index contributed by atoms with van der Waals surface area (Å²) in [5, 5.41) is 0. The Labute approximate surface area is 130 Å². The molecule has 112 valence electrons. The smallest absolute Gasteiger partial charge is 0.199 e. The molecule has 0 radical (unpaired) electrons. The van der Waals surface area contributed by atoms with Gasteiger partial charge < -0.3 is 4.98 Å². The normalized spacial score (nSPS) is 23.9. The van der Waals surface area contributed by atoms with E-state index < -0.39 is 0 Å². The van der Waals surface area contributed by atoms with Gasteiger partial charge in [0.15, 0.2) is 5.43 Å². The fraction of sp³-hybridized carbons (Fsp3) is 0.706. The van der Waals surface area contributed by atoms with E-state index in [1.54, 1.807) is 0 Å². The second-order valence-electron chi connectivity index (χ2n) is 7.35. The highest BCUT2D eigenvalue weighted by Gasteiger charge is 2.32. The third-order valence-corrected chi connectivity index (χ3v) is 5.87. The van der Waals surface area contributed by atoms with Crippen LogP contribution in [-0.2, 0) is 0 Å². The number of hydrogen-bond donors (Lipinski definition) is 1. The van der Waals surface area contributed by atoms with E-state index in [1.165, 1.54) is 12.8 Å². The van der Waals surface area contributed by atoms with Crippen LogP contribution >= 0.6 is 15.9 Å². The van der Waals surface area contributed by atoms with Crippen molar-refractivity contribution in [1.29, 1.82) is 0 Å². The molecule has 1 aromatic rings. The topological polar surface area (TPSA) is 32.9 Å². The van der Waals surface area contributed by atoms with Gasteiger partial charge in [-0.05, 0) is 72.7 Å². The molecule has 1 heterocycles. The number of halogens is 1. The highest BCUT2D eigenvalue weighted by atomic mass is 79.9. The number of aromatic nitrogens is 1. The average molecular weight is 340 g/mol. The largest absolute Gasteiger partial charge is 0.361 e. The molecule has 1 N–H and O–H groups in total. The number of H-pyrrole nitrogens is 1. The number of pyridine rings is 1. The fourth-order valence-corrected chi connectivity index (χ4v) is 3.91. The predicted molar refractivity (Wildman–Crippen MR) is 88.4 cm³/mol. The van der Waals surface area contributed by atoms with Crippen LogP contribution in [0.3, 0.4) is 0 Å². The Balaban J connectivity index is 2.24. The van der Waals surface area contributed by atoms with Crippen molar-refractivity contribution in [3.8, 4) is 0 Å². The second-order valence-corrected chi connectivity index (χ2v) is 8.14. The minimum Gasteiger partial charge on any atom is -0.361 e. The van der Waals surface area contributed by atoms with Crippen molar-refractivity contribution >= 4 is 15.9 Å². The predicted octanol–water partition coefficient (Wildman–Crippen LogP) is 5.07. The molecule has 0 spiro atoms. The van der Waals surface area contributed by atoms with Crippen LogP contribution < -0.4 is 5.43 Å². The highest BCUT2D eigenvalue weighted by molar-refractivity contribution is 9.10. The maximum atomic E-state index is 12.5. The fourth-order valence-electron chi connectivity index (χ4n) is 3.60. The third-order valence-electron chi connectivity index (χ3n) is 4.91. The maximum absolute atomic E-state index is 12.5. The van der Waals surface area contributed by atoms with Crippen LogP contribution in [0.25, 0.3) is 0 Å². The Bertz CT molecular complexity index is 545. The van der Waals surface area contributed by atoms with Gasteiger partial charge in [-0.15, -0.1) is 0 Å². The zero-order chi connectivity index (χ0) is 15.1. The standard InChI is InChI=1S/C17H26BrNO/c1-10-14(16(20)15(18)11(2)19-10)12-6-8-13(9-7-12)17(3,4)5/h12-13H,6-9H2,1-5H3,(H,19,20)/t12-,13-. The van der Waals surface area contributed by atoms with Gasteiger partial charge in [0.1, 0.15) is 0 Å². The molecule has 2 nitrogen and oxygen atoms in total. The summed E-state index contributed by atoms with van der Waals surface area (Å²) in [6.07, 6.45) is 4.75. The Morgan fingerprint density at radius 3 is 2.10 bits per heavy atom. The van der Waals surface area contributed by atoms with Gasteiger partial charge in [0.05, 0.1) is 4.47 Å². The molecule has 1 aliphatic carbocycles. The summed E-state index contributed by atoms with van der Waals surface area (Å²) < 4.78 is 0.705. The summed E-state index contributed by atoms with van der Waals surface area (Å²) in [5.41, 5.74) is 3.57. The molecular formula is C17H26BrNO. The van der Waals surface area contributed by atoms with Crippen LogP contribution in [0, 0.1) is 25.2 Å². The maximum Gasteiger partial charge on any atom is 0.199 e. The molecule has 1 aliphatic rings. The molecule has 0 bridgehead atoms. The molecular weight excluding hydrogens is 314 g/mol. The first-order valence-corrected chi connectivity index (χ1v) is 8.40. The van der Waals surface area contributed by atoms with Gasteiger partial charge in [0.2, 0.25) is 0 Å². The molecule has 2 rings (SSSR count). The lowest BCUT2D eigenvalue weighted by Gasteiger charge is -2.37. The van der Waals surface area contributed by atoms with Gasteiger partial charge in [-0.3, -0.25) is 4.79 Å². The summed E-state index contributed by atoms with van der Waals surface area (Å²) in [7, 11) is 0. The van der Waals surface area contributed by atoms with Gasteiger partial charge in [-0.2, -0.15) is 0 Å². The van der Waals surface area contributed by atoms with Crippen LogP contribution in [0.4, 0.5) is 0 Å². The van der Waals surface area contributed by atoms with Gasteiger partial charge in [0, 0.05) is 17.0 Å². The van der Waals surface area contributed by atoms with E-state index in [0.717, 1.165) is 35.7 Å². The molecule has 3 heteroatoms. The van der Waals surface area contributed by atoms with Crippen LogP contribution in [-0.4, -0.2) is 4.98 Å². The van der Waals surface area contributed by atoms with E-state index in [9.17, 15) is 4.79 Å². The lowest BCUT2D eigenvalue weighted by Crippen LogP contribution is -2.28. The SMILES string of the molecule is Cc1[nH]c(C)c([C@H]2CC[C@H](C(C)(C)C)CC2)c(=O)c1Br. The first kappa shape index (κ1) is 15.8. The monoisotopic (exact) mass is 339 g/mol. The Morgan fingerprint density at radius 1 is 1.05 bits per heavy atom. The van der Waals surface area contributed by atoms with Crippen molar-refractivity contribution in [2.45, 2.75) is 66.2 Å². The molecule has 0 amide bonds. The lowest BCUT2D eigenvalue weighted by atomic mass is 9.68. The molecule has 0 atom stereocenters. The quantitative estimate of drug-likeness (QED) is 0.760. The minimum absolute atomic E-state index is 0.193. The Kier molecular flexibility index (Phi) is 4.48. The molecule has 20 heavy (non-hydrogen) atoms. The summed E-state index contributed by atoms with van der Waals surface area (Å²) in [4.78, 5) is 15.9. The van der Waals surface area contributed by atoms with Gasteiger partial charge >= 0.3 is 0 Å². The minimum atomic E-state index is 0.193. The zero-order valence-electron chi connectivity index (χ0n) is 13.3. The zero-order valence-corrected chi connectivity index (χ0v) is 14.9. The van der Waals surface area contributed by atoms with Crippen molar-refractivity contribution in [3.05, 3.63) is 31.6 Å². The number of aromatic amines is 1. The van der Waals surface area contributed by atoms with Crippen molar-refractivity contribution < 1.29 is 0 Å². The number of rotatable bonds is 1. The van der Waals surface area contributed by atoms with Gasteiger partial charge in [-0.1, -0.05) is 20.8 Å². The van der Waals surface area contributed by atoms with Crippen LogP contribution in [0.1, 0.15) is 69.3 Å². The first-order chi connectivity index (χ1) is 9.21. The number of nitrogens with one attached hydrogen (secondary N) is 1. The van der Waals surface area contributed by atoms with E-state index in [2.05, 4.69) is 41.7 Å². The number of aryl methyl sites for hydroxylation is 2. The molecule has 0 aliphatic heterocycles. The van der Waals surface area contributed by atoms with Crippen LogP contribution in [0.2, 0.25) is 0 Å². The average Bonchev–Trinajstić information content (AvgIpc) is 2.36. The van der Waals surface area contributed by atoms with Gasteiger partial charge in [0.25, 0.3) is 0 Å². The molecule has 1 aromatic heterocycles. The summed E-state index contributed by atoms with van der Waals surface area (Å²) >= 11 is 3.43. The van der Waals surface area contributed by atoms with E-state index >= 15 is 0 Å². The Morgan fingerprint density at radius 2 is 1.60 bits per heavy atom.